The van der Waals surface area contributed by atoms with Crippen LogP contribution in [0.5, 0.6) is 0 Å². The van der Waals surface area contributed by atoms with Crippen molar-refractivity contribution >= 4 is 123 Å². The van der Waals surface area contributed by atoms with E-state index in [9.17, 15) is 0 Å². The van der Waals surface area contributed by atoms with E-state index in [1.54, 1.807) is 0 Å². The van der Waals surface area contributed by atoms with Crippen LogP contribution in [0.3, 0.4) is 0 Å². The summed E-state index contributed by atoms with van der Waals surface area (Å²) in [5.41, 5.74) is 37.5. The van der Waals surface area contributed by atoms with Crippen molar-refractivity contribution in [3.05, 3.63) is 288 Å². The molecule has 390 valence electrons. The molecule has 86 heavy (non-hydrogen) atoms. The first-order valence-corrected chi connectivity index (χ1v) is 30.6. The molecule has 17 aromatic rings. The van der Waals surface area contributed by atoms with Crippen molar-refractivity contribution in [2.75, 3.05) is 0 Å². The summed E-state index contributed by atoms with van der Waals surface area (Å²) in [5.74, 6) is 0.0880. The molecule has 13 aromatic carbocycles. The van der Waals surface area contributed by atoms with Crippen molar-refractivity contribution in [1.82, 2.24) is 18.1 Å². The van der Waals surface area contributed by atoms with Crippen LogP contribution in [0.15, 0.2) is 255 Å². The molecule has 2 atom stereocenters. The Hall–Kier alpha value is -10.8. The van der Waals surface area contributed by atoms with E-state index in [1.165, 1.54) is 198 Å². The second-order valence-corrected chi connectivity index (χ2v) is 25.1. The molecule has 23 rings (SSSR count). The highest BCUT2D eigenvalue weighted by Gasteiger charge is 2.51. The normalized spacial score (nSPS) is 15.6. The Morgan fingerprint density at radius 1 is 0.279 bits per heavy atom. The van der Waals surface area contributed by atoms with Crippen molar-refractivity contribution in [2.45, 2.75) is 11.8 Å². The summed E-state index contributed by atoms with van der Waals surface area (Å²) >= 11 is 0. The molecule has 4 aromatic heterocycles. The Labute approximate surface area is 493 Å². The number of aromatic nitrogens is 4. The monoisotopic (exact) mass is 1080 g/mol. The molecular formula is C80H44B2N4. The van der Waals surface area contributed by atoms with Crippen LogP contribution in [0.2, 0.25) is 0 Å². The second kappa shape index (κ2) is 14.9. The zero-order valence-electron chi connectivity index (χ0n) is 46.3. The number of para-hydroxylation sites is 6. The van der Waals surface area contributed by atoms with E-state index in [2.05, 4.69) is 273 Å². The lowest BCUT2D eigenvalue weighted by Gasteiger charge is -2.38. The van der Waals surface area contributed by atoms with Gasteiger partial charge < -0.3 is 18.1 Å². The number of benzene rings is 13. The maximum absolute atomic E-state index is 2.79. The average Bonchev–Trinajstić information content (AvgIpc) is 1.46. The third kappa shape index (κ3) is 4.76. The Bertz CT molecular complexity index is 5740. The zero-order chi connectivity index (χ0) is 55.1. The predicted octanol–water partition coefficient (Wildman–Crippen LogP) is 16.3. The van der Waals surface area contributed by atoms with E-state index in [0.29, 0.717) is 0 Å². The van der Waals surface area contributed by atoms with Gasteiger partial charge in [-0.05, 0) is 119 Å². The molecule has 8 heterocycles. The Morgan fingerprint density at radius 2 is 0.651 bits per heavy atom. The summed E-state index contributed by atoms with van der Waals surface area (Å²) in [4.78, 5) is 0. The zero-order valence-corrected chi connectivity index (χ0v) is 46.3. The van der Waals surface area contributed by atoms with Gasteiger partial charge in [-0.2, -0.15) is 0 Å². The van der Waals surface area contributed by atoms with Crippen molar-refractivity contribution in [3.8, 4) is 55.9 Å². The summed E-state index contributed by atoms with van der Waals surface area (Å²) in [6.45, 7) is -0.318. The Balaban J connectivity index is 0.952. The minimum Gasteiger partial charge on any atom is -0.375 e. The van der Waals surface area contributed by atoms with Crippen LogP contribution < -0.4 is 21.9 Å². The summed E-state index contributed by atoms with van der Waals surface area (Å²) in [6.07, 6.45) is 0. The number of hydrogen-bond acceptors (Lipinski definition) is 0. The second-order valence-electron chi connectivity index (χ2n) is 25.1. The molecule has 0 saturated carbocycles. The predicted molar refractivity (Wildman–Crippen MR) is 358 cm³/mol. The number of nitrogens with zero attached hydrogens (tertiary/aromatic N) is 4. The fourth-order valence-electron chi connectivity index (χ4n) is 18.9. The largest absolute Gasteiger partial charge is 0.375 e. The molecule has 4 aliphatic heterocycles. The third-order valence-corrected chi connectivity index (χ3v) is 21.6. The first-order valence-electron chi connectivity index (χ1n) is 30.6. The van der Waals surface area contributed by atoms with E-state index in [-0.39, 0.29) is 25.5 Å². The molecule has 0 spiro atoms. The molecule has 0 radical (unpaired) electrons. The minimum absolute atomic E-state index is 0.0440. The maximum atomic E-state index is 2.79. The van der Waals surface area contributed by atoms with Gasteiger partial charge >= 0.3 is 13.7 Å². The summed E-state index contributed by atoms with van der Waals surface area (Å²) in [7, 11) is 0. The van der Waals surface area contributed by atoms with Gasteiger partial charge in [0.15, 0.2) is 0 Å². The van der Waals surface area contributed by atoms with Gasteiger partial charge in [-0.1, -0.05) is 224 Å². The smallest absolute Gasteiger partial charge is 0.333 e. The van der Waals surface area contributed by atoms with E-state index in [4.69, 9.17) is 0 Å². The Kier molecular flexibility index (Phi) is 7.60. The van der Waals surface area contributed by atoms with E-state index < -0.39 is 0 Å². The van der Waals surface area contributed by atoms with Crippen LogP contribution in [-0.2, 0) is 0 Å². The summed E-state index contributed by atoms with van der Waals surface area (Å²) in [6, 6.07) is 98.5. The van der Waals surface area contributed by atoms with E-state index in [1.807, 2.05) is 0 Å². The van der Waals surface area contributed by atoms with Crippen LogP contribution in [0.25, 0.3) is 143 Å². The van der Waals surface area contributed by atoms with E-state index >= 15 is 0 Å². The molecule has 0 amide bonds. The fourth-order valence-corrected chi connectivity index (χ4v) is 18.9. The SMILES string of the molecule is c1ccc(C2c3ccccc3-c3c4c5c6c(c32)c2ccccc2n6-c2cc3c(cc2B5n2c5ccccc5c5cccc-4c52)B2c4c(c5c(c6c7ccccc7n-3c46)C(c3ccccc3)c3ccccc3-5)-c3cccc4c5ccccc5n2c34)cc1. The highest BCUT2D eigenvalue weighted by atomic mass is 15.1. The van der Waals surface area contributed by atoms with Gasteiger partial charge in [0, 0.05) is 99.5 Å². The van der Waals surface area contributed by atoms with Crippen molar-refractivity contribution in [1.29, 1.82) is 0 Å². The molecule has 2 unspecified atom stereocenters. The van der Waals surface area contributed by atoms with Crippen LogP contribution >= 0.6 is 0 Å². The summed E-state index contributed by atoms with van der Waals surface area (Å²) in [5, 5.41) is 10.6. The van der Waals surface area contributed by atoms with Gasteiger partial charge in [-0.25, -0.2) is 0 Å². The molecular weight excluding hydrogens is 1040 g/mol. The fraction of sp³-hybridized carbons (Fsp3) is 0.0250. The lowest BCUT2D eigenvalue weighted by atomic mass is 9.41. The van der Waals surface area contributed by atoms with Crippen molar-refractivity contribution in [2.24, 2.45) is 0 Å². The first-order chi connectivity index (χ1) is 42.8. The number of rotatable bonds is 2. The minimum atomic E-state index is -0.159. The maximum Gasteiger partial charge on any atom is 0.333 e. The number of hydrogen-bond donors (Lipinski definition) is 0. The van der Waals surface area contributed by atoms with Crippen molar-refractivity contribution < 1.29 is 0 Å². The summed E-state index contributed by atoms with van der Waals surface area (Å²) < 4.78 is 11.1. The molecule has 0 saturated heterocycles. The van der Waals surface area contributed by atoms with Crippen LogP contribution in [0, 0.1) is 0 Å². The van der Waals surface area contributed by atoms with Gasteiger partial charge in [0.05, 0.1) is 22.1 Å². The molecule has 2 aliphatic carbocycles. The molecule has 6 aliphatic rings. The highest BCUT2D eigenvalue weighted by molar-refractivity contribution is 6.93. The van der Waals surface area contributed by atoms with Gasteiger partial charge in [-0.3, -0.25) is 0 Å². The van der Waals surface area contributed by atoms with E-state index in [0.717, 1.165) is 0 Å². The van der Waals surface area contributed by atoms with Crippen LogP contribution in [-0.4, -0.2) is 31.8 Å². The molecule has 0 bridgehead atoms. The molecule has 4 nitrogen and oxygen atoms in total. The van der Waals surface area contributed by atoms with Gasteiger partial charge in [-0.15, -0.1) is 0 Å². The topological polar surface area (TPSA) is 19.7 Å². The Morgan fingerprint density at radius 3 is 1.12 bits per heavy atom. The van der Waals surface area contributed by atoms with Gasteiger partial charge in [0.2, 0.25) is 0 Å². The van der Waals surface area contributed by atoms with Gasteiger partial charge in [0.25, 0.3) is 0 Å². The lowest BCUT2D eigenvalue weighted by Crippen LogP contribution is -2.60. The molecule has 0 N–H and O–H groups in total. The third-order valence-electron chi connectivity index (χ3n) is 21.6. The standard InChI is InChI=1S/C80H44B2N4/c1-3-21-43(22-4-1)65-47-27-7-9-29-49(47)67-69-55-35-19-33-51-45-25-11-17-39-61(45)85(77(51)55)81-57-41-58-64(42-63(57)83-59-37-15-13-31-53(59)71(73(65)67)79(83)75(69)81)84-60-38-16-14-32-54(60)72-74-66(44-23-5-2-6-24-44)48-28-8-10-30-50(48)68(74)70-56-36-20-34-52-46-26-12-18-40-62(46)86(78(52)56)82(58)76(70)80(72)84/h1-42,65-66H. The highest BCUT2D eigenvalue weighted by Crippen LogP contribution is 2.60. The average molecular weight is 1080 g/mol. The van der Waals surface area contributed by atoms with Crippen molar-refractivity contribution in [3.63, 3.8) is 0 Å². The lowest BCUT2D eigenvalue weighted by molar-refractivity contribution is 1.03. The van der Waals surface area contributed by atoms with Crippen LogP contribution in [0.1, 0.15) is 45.2 Å². The van der Waals surface area contributed by atoms with Gasteiger partial charge in [0.1, 0.15) is 0 Å². The number of fused-ring (bicyclic) bond motifs is 32. The molecule has 6 heteroatoms. The first kappa shape index (κ1) is 43.8. The quantitative estimate of drug-likeness (QED) is 0.154. The molecule has 0 fully saturated rings. The van der Waals surface area contributed by atoms with Crippen LogP contribution in [0.4, 0.5) is 0 Å².